The molecule has 2 atom stereocenters. The summed E-state index contributed by atoms with van der Waals surface area (Å²) in [4.78, 5) is 19.9. The summed E-state index contributed by atoms with van der Waals surface area (Å²) in [6.07, 6.45) is 0. The molecule has 1 fully saturated rings. The molecule has 3 aromatic rings. The Labute approximate surface area is 167 Å². The fraction of sp³-hybridized carbons (Fsp3) is 0.381. The molecule has 152 valence electrons. The number of ketones is 1. The molecule has 1 aromatic carbocycles. The maximum absolute atomic E-state index is 14.4. The number of halogens is 1. The lowest BCUT2D eigenvalue weighted by molar-refractivity contribution is 0.0847. The van der Waals surface area contributed by atoms with E-state index in [1.54, 1.807) is 6.07 Å². The van der Waals surface area contributed by atoms with Crippen LogP contribution in [0.5, 0.6) is 5.75 Å². The maximum atomic E-state index is 14.4. The predicted octanol–water partition coefficient (Wildman–Crippen LogP) is 2.64. The summed E-state index contributed by atoms with van der Waals surface area (Å²) in [5.74, 6) is -0.823. The predicted molar refractivity (Wildman–Crippen MR) is 109 cm³/mol. The van der Waals surface area contributed by atoms with Gasteiger partial charge in [-0.05, 0) is 39.0 Å². The topological polar surface area (TPSA) is 94.1 Å². The molecule has 4 rings (SSSR count). The molecule has 1 aliphatic rings. The Kier molecular flexibility index (Phi) is 5.06. The molecule has 0 aliphatic carbocycles. The number of fused-ring (bicyclic) bond motifs is 1. The van der Waals surface area contributed by atoms with Gasteiger partial charge in [0.2, 0.25) is 0 Å². The van der Waals surface area contributed by atoms with E-state index in [-0.39, 0.29) is 29.7 Å². The Bertz CT molecular complexity index is 1080. The summed E-state index contributed by atoms with van der Waals surface area (Å²) >= 11 is 0. The van der Waals surface area contributed by atoms with Gasteiger partial charge in [-0.25, -0.2) is 9.37 Å². The number of piperazine rings is 1. The molecule has 7 nitrogen and oxygen atoms in total. The van der Waals surface area contributed by atoms with Crippen LogP contribution in [-0.2, 0) is 0 Å². The lowest BCUT2D eigenvalue weighted by Gasteiger charge is -2.37. The van der Waals surface area contributed by atoms with Crippen molar-refractivity contribution >= 4 is 16.8 Å². The molecule has 3 heterocycles. The van der Waals surface area contributed by atoms with Crippen molar-refractivity contribution < 1.29 is 14.3 Å². The van der Waals surface area contributed by atoms with E-state index in [1.807, 2.05) is 6.92 Å². The van der Waals surface area contributed by atoms with E-state index in [9.17, 15) is 14.3 Å². The summed E-state index contributed by atoms with van der Waals surface area (Å²) in [6.45, 7) is 7.91. The second kappa shape index (κ2) is 7.53. The van der Waals surface area contributed by atoms with Crippen molar-refractivity contribution in [3.63, 3.8) is 0 Å². The monoisotopic (exact) mass is 397 g/mol. The summed E-state index contributed by atoms with van der Waals surface area (Å²) < 4.78 is 14.4. The van der Waals surface area contributed by atoms with Crippen molar-refractivity contribution in [1.29, 1.82) is 0 Å². The SMILES string of the molecule is Cc1[nH]nc2nc(-c3ccc(O)cc3F)cc(C(=O)CN3C[C@H](C)NC[C@@H]3C)c12. The first-order valence-corrected chi connectivity index (χ1v) is 9.68. The fourth-order valence-electron chi connectivity index (χ4n) is 3.83. The number of aromatic hydroxyl groups is 1. The number of phenols is 1. The van der Waals surface area contributed by atoms with Crippen molar-refractivity contribution in [1.82, 2.24) is 25.4 Å². The summed E-state index contributed by atoms with van der Waals surface area (Å²) in [7, 11) is 0. The zero-order valence-corrected chi connectivity index (χ0v) is 16.7. The first kappa shape index (κ1) is 19.5. The van der Waals surface area contributed by atoms with Crippen molar-refractivity contribution in [2.75, 3.05) is 19.6 Å². The first-order chi connectivity index (χ1) is 13.8. The van der Waals surface area contributed by atoms with E-state index < -0.39 is 5.82 Å². The van der Waals surface area contributed by atoms with E-state index in [0.717, 1.165) is 24.8 Å². The Morgan fingerprint density at radius 1 is 1.34 bits per heavy atom. The quantitative estimate of drug-likeness (QED) is 0.586. The number of nitrogens with one attached hydrogen (secondary N) is 2. The van der Waals surface area contributed by atoms with Gasteiger partial charge in [-0.1, -0.05) is 0 Å². The number of aromatic amines is 1. The molecule has 0 saturated carbocycles. The Hall–Kier alpha value is -2.84. The smallest absolute Gasteiger partial charge is 0.182 e. The molecular formula is C21H24FN5O2. The number of H-pyrrole nitrogens is 1. The summed E-state index contributed by atoms with van der Waals surface area (Å²) in [5, 5.41) is 20.6. The average Bonchev–Trinajstić information content (AvgIpc) is 3.05. The number of rotatable bonds is 4. The molecule has 0 amide bonds. The third-order valence-electron chi connectivity index (χ3n) is 5.47. The summed E-state index contributed by atoms with van der Waals surface area (Å²) in [5.41, 5.74) is 2.12. The van der Waals surface area contributed by atoms with Crippen molar-refractivity contribution in [3.05, 3.63) is 41.3 Å². The third kappa shape index (κ3) is 3.73. The van der Waals surface area contributed by atoms with Gasteiger partial charge in [0.05, 0.1) is 17.6 Å². The normalized spacial score (nSPS) is 20.3. The number of benzene rings is 1. The van der Waals surface area contributed by atoms with Gasteiger partial charge in [-0.2, -0.15) is 5.10 Å². The molecule has 3 N–H and O–H groups in total. The van der Waals surface area contributed by atoms with Crippen LogP contribution in [-0.4, -0.2) is 62.7 Å². The molecule has 2 aromatic heterocycles. The van der Waals surface area contributed by atoms with Gasteiger partial charge in [0.25, 0.3) is 0 Å². The van der Waals surface area contributed by atoms with E-state index in [2.05, 4.69) is 39.2 Å². The van der Waals surface area contributed by atoms with E-state index in [1.165, 1.54) is 12.1 Å². The number of pyridine rings is 1. The number of aryl methyl sites for hydroxylation is 1. The Morgan fingerprint density at radius 2 is 2.14 bits per heavy atom. The molecule has 0 bridgehead atoms. The molecule has 29 heavy (non-hydrogen) atoms. The van der Waals surface area contributed by atoms with Crippen molar-refractivity contribution in [3.8, 4) is 17.0 Å². The highest BCUT2D eigenvalue weighted by Gasteiger charge is 2.26. The van der Waals surface area contributed by atoms with Gasteiger partial charge in [0, 0.05) is 48.1 Å². The van der Waals surface area contributed by atoms with E-state index >= 15 is 0 Å². The first-order valence-electron chi connectivity index (χ1n) is 9.68. The Morgan fingerprint density at radius 3 is 2.90 bits per heavy atom. The van der Waals surface area contributed by atoms with Gasteiger partial charge < -0.3 is 10.4 Å². The number of aromatic nitrogens is 3. The van der Waals surface area contributed by atoms with Gasteiger partial charge in [0.15, 0.2) is 11.4 Å². The van der Waals surface area contributed by atoms with Gasteiger partial charge in [-0.15, -0.1) is 0 Å². The van der Waals surface area contributed by atoms with Crippen LogP contribution < -0.4 is 5.32 Å². The number of carbonyl (C=O) groups excluding carboxylic acids is 1. The lowest BCUT2D eigenvalue weighted by Crippen LogP contribution is -2.55. The minimum Gasteiger partial charge on any atom is -0.508 e. The van der Waals surface area contributed by atoms with Crippen LogP contribution in [0, 0.1) is 12.7 Å². The van der Waals surface area contributed by atoms with Crippen molar-refractivity contribution in [2.24, 2.45) is 0 Å². The van der Waals surface area contributed by atoms with Crippen molar-refractivity contribution in [2.45, 2.75) is 32.9 Å². The van der Waals surface area contributed by atoms with E-state index in [4.69, 9.17) is 0 Å². The second-order valence-corrected chi connectivity index (χ2v) is 7.78. The fourth-order valence-corrected chi connectivity index (χ4v) is 3.83. The number of nitrogens with zero attached hydrogens (tertiary/aromatic N) is 3. The molecule has 1 aliphatic heterocycles. The molecule has 8 heteroatoms. The average molecular weight is 397 g/mol. The minimum absolute atomic E-state index is 0.0525. The highest BCUT2D eigenvalue weighted by Crippen LogP contribution is 2.29. The highest BCUT2D eigenvalue weighted by molar-refractivity contribution is 6.09. The lowest BCUT2D eigenvalue weighted by atomic mass is 10.0. The molecule has 0 unspecified atom stereocenters. The number of phenolic OH excluding ortho intramolecular Hbond substituents is 1. The standard InChI is InChI=1S/C21H24FN5O2/c1-11-9-27(12(2)8-23-11)10-19(29)16-7-18(15-5-4-14(28)6-17(15)22)24-21-20(16)13(3)25-26-21/h4-7,11-12,23,28H,8-10H2,1-3H3,(H,24,25,26)/t11-,12-/m0/s1. The summed E-state index contributed by atoms with van der Waals surface area (Å²) in [6, 6.07) is 6.06. The second-order valence-electron chi connectivity index (χ2n) is 7.78. The van der Waals surface area contributed by atoms with Gasteiger partial charge in [-0.3, -0.25) is 14.8 Å². The van der Waals surface area contributed by atoms with Crippen LogP contribution in [0.3, 0.4) is 0 Å². The van der Waals surface area contributed by atoms with Crippen LogP contribution in [0.1, 0.15) is 29.9 Å². The number of hydrogen-bond donors (Lipinski definition) is 3. The van der Waals surface area contributed by atoms with Crippen LogP contribution in [0.15, 0.2) is 24.3 Å². The zero-order chi connectivity index (χ0) is 20.7. The largest absolute Gasteiger partial charge is 0.508 e. The third-order valence-corrected chi connectivity index (χ3v) is 5.47. The highest BCUT2D eigenvalue weighted by atomic mass is 19.1. The van der Waals surface area contributed by atoms with Crippen LogP contribution in [0.4, 0.5) is 4.39 Å². The Balaban J connectivity index is 1.76. The molecule has 1 saturated heterocycles. The van der Waals surface area contributed by atoms with Gasteiger partial charge >= 0.3 is 0 Å². The van der Waals surface area contributed by atoms with Crippen LogP contribution >= 0.6 is 0 Å². The molecule has 0 radical (unpaired) electrons. The number of carbonyl (C=O) groups is 1. The maximum Gasteiger partial charge on any atom is 0.182 e. The molecular weight excluding hydrogens is 373 g/mol. The number of hydrogen-bond acceptors (Lipinski definition) is 6. The number of Topliss-reactive ketones (excluding diaryl/α,β-unsaturated/α-hetero) is 1. The van der Waals surface area contributed by atoms with E-state index in [0.29, 0.717) is 28.3 Å². The minimum atomic E-state index is -0.605. The van der Waals surface area contributed by atoms with Crippen LogP contribution in [0.2, 0.25) is 0 Å². The van der Waals surface area contributed by atoms with Crippen LogP contribution in [0.25, 0.3) is 22.3 Å². The zero-order valence-electron chi connectivity index (χ0n) is 16.7. The van der Waals surface area contributed by atoms with Gasteiger partial charge in [0.1, 0.15) is 11.6 Å². The molecule has 0 spiro atoms.